The van der Waals surface area contributed by atoms with Gasteiger partial charge in [-0.05, 0) is 19.8 Å². The predicted molar refractivity (Wildman–Crippen MR) is 220 cm³/mol. The predicted octanol–water partition coefficient (Wildman–Crippen LogP) is -4.80. The molecule has 4 heterocycles. The molecule has 0 aromatic rings. The van der Waals surface area contributed by atoms with Gasteiger partial charge in [0.05, 0.1) is 148 Å². The first-order valence-corrected chi connectivity index (χ1v) is 22.7. The van der Waals surface area contributed by atoms with E-state index in [1.165, 1.54) is 0 Å². The first kappa shape index (κ1) is 55.7. The van der Waals surface area contributed by atoms with Gasteiger partial charge in [0, 0.05) is 36.9 Å². The zero-order chi connectivity index (χ0) is 46.9. The number of ether oxygens (including phenoxy) is 11. The number of rotatable bonds is 28. The summed E-state index contributed by atoms with van der Waals surface area (Å²) in [7, 11) is 0. The van der Waals surface area contributed by atoms with Gasteiger partial charge in [0.2, 0.25) is 0 Å². The van der Waals surface area contributed by atoms with Crippen LogP contribution in [0.25, 0.3) is 0 Å². The molecule has 64 heavy (non-hydrogen) atoms. The third-order valence-electron chi connectivity index (χ3n) is 12.6. The Kier molecular flexibility index (Phi) is 24.9. The molecule has 0 aromatic carbocycles. The zero-order valence-electron chi connectivity index (χ0n) is 37.6. The lowest BCUT2D eigenvalue weighted by Gasteiger charge is -2.45. The van der Waals surface area contributed by atoms with Crippen LogP contribution in [-0.4, -0.2) is 266 Å². The summed E-state index contributed by atoms with van der Waals surface area (Å²) in [5, 5.41) is 116. The van der Waals surface area contributed by atoms with Gasteiger partial charge in [0.25, 0.3) is 0 Å². The van der Waals surface area contributed by atoms with Crippen molar-refractivity contribution in [3.63, 3.8) is 0 Å². The molecule has 20 unspecified atom stereocenters. The number of aliphatic hydroxyl groups is 11. The van der Waals surface area contributed by atoms with Gasteiger partial charge in [0.1, 0.15) is 48.8 Å². The smallest absolute Gasteiger partial charge is 0.110 e. The van der Waals surface area contributed by atoms with Crippen LogP contribution in [0.15, 0.2) is 0 Å². The molecule has 0 spiro atoms. The van der Waals surface area contributed by atoms with E-state index in [9.17, 15) is 46.0 Å². The Morgan fingerprint density at radius 1 is 0.359 bits per heavy atom. The Morgan fingerprint density at radius 2 is 0.672 bits per heavy atom. The maximum absolute atomic E-state index is 11.4. The Labute approximate surface area is 375 Å². The highest BCUT2D eigenvalue weighted by Crippen LogP contribution is 2.34. The molecular weight excluding hydrogens is 856 g/mol. The first-order chi connectivity index (χ1) is 30.7. The standard InChI is InChI=1S/C42H78O22/c1-5-54-15-27-23(36(47)40(51)32(62-27)20-59-14-25-29(17-56-9-7-43)61-26(11-45)38(49)35(25)46)12-58-19-31-39(50)37(48)24(28(63-31)16-55-6-2)13-60-21-33-41(52)42(53)34(22(3)4)30(64-33)18-57-10-8-44/h22-53H,5-21H2,1-4H3. The average molecular weight is 935 g/mol. The van der Waals surface area contributed by atoms with E-state index in [-0.39, 0.29) is 98.4 Å². The van der Waals surface area contributed by atoms with E-state index in [4.69, 9.17) is 62.3 Å². The lowest BCUT2D eigenvalue weighted by molar-refractivity contribution is -0.254. The van der Waals surface area contributed by atoms with Gasteiger partial charge < -0.3 is 108 Å². The van der Waals surface area contributed by atoms with Crippen LogP contribution in [-0.2, 0) is 52.1 Å². The molecule has 4 saturated heterocycles. The molecule has 11 N–H and O–H groups in total. The van der Waals surface area contributed by atoms with Gasteiger partial charge in [-0.2, -0.15) is 0 Å². The molecule has 0 saturated carbocycles. The summed E-state index contributed by atoms with van der Waals surface area (Å²) in [5.41, 5.74) is 0. The van der Waals surface area contributed by atoms with E-state index in [1.807, 2.05) is 13.8 Å². The molecule has 22 nitrogen and oxygen atoms in total. The van der Waals surface area contributed by atoms with E-state index in [2.05, 4.69) is 0 Å². The largest absolute Gasteiger partial charge is 0.394 e. The summed E-state index contributed by atoms with van der Waals surface area (Å²) < 4.78 is 64.2. The SMILES string of the molecule is CCOCC1OC(COCC2C(COCCO)OC(CO)C(O)C2O)C(O)C(O)C1COCC1OC(COCC)C(COCC2OC(COCCO)C(C(C)C)C(O)C2O)C(O)C1O. The fraction of sp³-hybridized carbons (Fsp3) is 1.00. The summed E-state index contributed by atoms with van der Waals surface area (Å²) in [5.74, 6) is -2.89. The second-order valence-corrected chi connectivity index (χ2v) is 17.3. The Bertz CT molecular complexity index is 1240. The van der Waals surface area contributed by atoms with E-state index >= 15 is 0 Å². The molecule has 4 aliphatic heterocycles. The molecule has 4 fully saturated rings. The Balaban J connectivity index is 1.32. The highest BCUT2D eigenvalue weighted by atomic mass is 16.6. The van der Waals surface area contributed by atoms with E-state index in [0.29, 0.717) is 13.2 Å². The van der Waals surface area contributed by atoms with Crippen LogP contribution in [0.3, 0.4) is 0 Å². The van der Waals surface area contributed by atoms with Gasteiger partial charge in [-0.15, -0.1) is 0 Å². The zero-order valence-corrected chi connectivity index (χ0v) is 37.6. The molecule has 0 bridgehead atoms. The van der Waals surface area contributed by atoms with Crippen molar-refractivity contribution in [3.8, 4) is 0 Å². The van der Waals surface area contributed by atoms with Crippen LogP contribution >= 0.6 is 0 Å². The van der Waals surface area contributed by atoms with Gasteiger partial charge in [-0.1, -0.05) is 13.8 Å². The van der Waals surface area contributed by atoms with Crippen molar-refractivity contribution in [1.29, 1.82) is 0 Å². The summed E-state index contributed by atoms with van der Waals surface area (Å²) in [6.45, 7) is 6.19. The van der Waals surface area contributed by atoms with Crippen LogP contribution in [0.1, 0.15) is 27.7 Å². The number of aliphatic hydroxyl groups excluding tert-OH is 11. The average Bonchev–Trinajstić information content (AvgIpc) is 3.27. The molecule has 0 radical (unpaired) electrons. The fourth-order valence-electron chi connectivity index (χ4n) is 8.96. The van der Waals surface area contributed by atoms with Crippen molar-refractivity contribution >= 4 is 0 Å². The Morgan fingerprint density at radius 3 is 1.03 bits per heavy atom. The Hall–Kier alpha value is -0.880. The normalized spacial score (nSPS) is 40.9. The van der Waals surface area contributed by atoms with Crippen molar-refractivity contribution in [2.45, 2.75) is 125 Å². The molecule has 0 aromatic heterocycles. The van der Waals surface area contributed by atoms with Crippen molar-refractivity contribution < 1.29 is 108 Å². The summed E-state index contributed by atoms with van der Waals surface area (Å²) in [6.07, 6.45) is -17.8. The van der Waals surface area contributed by atoms with E-state index in [1.54, 1.807) is 13.8 Å². The lowest BCUT2D eigenvalue weighted by Crippen LogP contribution is -2.60. The van der Waals surface area contributed by atoms with E-state index in [0.717, 1.165) is 0 Å². The second-order valence-electron chi connectivity index (χ2n) is 17.3. The molecule has 0 amide bonds. The molecule has 22 heteroatoms. The molecule has 20 atom stereocenters. The third kappa shape index (κ3) is 15.1. The second kappa shape index (κ2) is 28.6. The molecule has 4 rings (SSSR count). The van der Waals surface area contributed by atoms with Crippen molar-refractivity contribution in [3.05, 3.63) is 0 Å². The van der Waals surface area contributed by atoms with Crippen LogP contribution < -0.4 is 0 Å². The summed E-state index contributed by atoms with van der Waals surface area (Å²) in [6, 6.07) is 0. The lowest BCUT2D eigenvalue weighted by atomic mass is 9.79. The van der Waals surface area contributed by atoms with Gasteiger partial charge in [-0.3, -0.25) is 0 Å². The quantitative estimate of drug-likeness (QED) is 0.0328. The van der Waals surface area contributed by atoms with Gasteiger partial charge in [0.15, 0.2) is 0 Å². The van der Waals surface area contributed by atoms with Crippen LogP contribution in [0, 0.1) is 29.6 Å². The van der Waals surface area contributed by atoms with Crippen LogP contribution in [0.4, 0.5) is 0 Å². The molecule has 0 aliphatic carbocycles. The van der Waals surface area contributed by atoms with Crippen LogP contribution in [0.2, 0.25) is 0 Å². The topological polar surface area (TPSA) is 324 Å². The first-order valence-electron chi connectivity index (χ1n) is 22.7. The van der Waals surface area contributed by atoms with Gasteiger partial charge >= 0.3 is 0 Å². The maximum atomic E-state index is 11.4. The highest BCUT2D eigenvalue weighted by molar-refractivity contribution is 4.97. The minimum absolute atomic E-state index is 0.00554. The molecular formula is C42H78O22. The van der Waals surface area contributed by atoms with Crippen LogP contribution in [0.5, 0.6) is 0 Å². The monoisotopic (exact) mass is 934 g/mol. The van der Waals surface area contributed by atoms with Crippen molar-refractivity contribution in [1.82, 2.24) is 0 Å². The van der Waals surface area contributed by atoms with Crippen molar-refractivity contribution in [2.75, 3.05) is 112 Å². The highest BCUT2D eigenvalue weighted by Gasteiger charge is 2.50. The minimum Gasteiger partial charge on any atom is -0.394 e. The summed E-state index contributed by atoms with van der Waals surface area (Å²) in [4.78, 5) is 0. The van der Waals surface area contributed by atoms with E-state index < -0.39 is 128 Å². The molecule has 4 aliphatic rings. The molecule has 378 valence electrons. The maximum Gasteiger partial charge on any atom is 0.110 e. The number of hydrogen-bond donors (Lipinski definition) is 11. The summed E-state index contributed by atoms with van der Waals surface area (Å²) >= 11 is 0. The third-order valence-corrected chi connectivity index (χ3v) is 12.6. The van der Waals surface area contributed by atoms with Crippen molar-refractivity contribution in [2.24, 2.45) is 29.6 Å². The number of hydrogen-bond acceptors (Lipinski definition) is 22. The van der Waals surface area contributed by atoms with Gasteiger partial charge in [-0.25, -0.2) is 0 Å². The fourth-order valence-corrected chi connectivity index (χ4v) is 8.96. The minimum atomic E-state index is -1.45.